The number of aryl methyl sites for hydroxylation is 1. The van der Waals surface area contributed by atoms with Gasteiger partial charge in [-0.2, -0.15) is 0 Å². The average molecular weight is 251 g/mol. The van der Waals surface area contributed by atoms with Gasteiger partial charge in [0.15, 0.2) is 0 Å². The normalized spacial score (nSPS) is 25.2. The van der Waals surface area contributed by atoms with Crippen molar-refractivity contribution in [3.05, 3.63) is 18.7 Å². The van der Waals surface area contributed by atoms with Crippen LogP contribution in [0.25, 0.3) is 0 Å². The standard InChI is InChI=1S/C13H21N3O2/c1-13(12(17)18)5-2-3-8-16(13)9-4-7-15-10-6-14-11-15/h6,10-11H,2-5,7-9H2,1H3,(H,17,18). The van der Waals surface area contributed by atoms with E-state index in [1.54, 1.807) is 12.5 Å². The Kier molecular flexibility index (Phi) is 4.01. The van der Waals surface area contributed by atoms with Crippen molar-refractivity contribution in [1.29, 1.82) is 0 Å². The van der Waals surface area contributed by atoms with E-state index in [9.17, 15) is 9.90 Å². The molecular weight excluding hydrogens is 230 g/mol. The molecule has 5 heteroatoms. The zero-order valence-corrected chi connectivity index (χ0v) is 10.9. The van der Waals surface area contributed by atoms with Crippen LogP contribution in [0.3, 0.4) is 0 Å². The number of rotatable bonds is 5. The predicted octanol–water partition coefficient (Wildman–Crippen LogP) is 1.60. The Labute approximate surface area is 107 Å². The summed E-state index contributed by atoms with van der Waals surface area (Å²) in [6, 6.07) is 0. The summed E-state index contributed by atoms with van der Waals surface area (Å²) in [7, 11) is 0. The van der Waals surface area contributed by atoms with E-state index in [-0.39, 0.29) is 0 Å². The van der Waals surface area contributed by atoms with Gasteiger partial charge in [-0.3, -0.25) is 9.69 Å². The molecule has 1 aliphatic rings. The molecule has 0 aromatic carbocycles. The van der Waals surface area contributed by atoms with Crippen molar-refractivity contribution in [1.82, 2.24) is 14.5 Å². The molecule has 18 heavy (non-hydrogen) atoms. The first kappa shape index (κ1) is 13.1. The number of carbonyl (C=O) groups is 1. The Morgan fingerprint density at radius 2 is 2.28 bits per heavy atom. The van der Waals surface area contributed by atoms with Gasteiger partial charge in [0.25, 0.3) is 0 Å². The largest absolute Gasteiger partial charge is 0.480 e. The summed E-state index contributed by atoms with van der Waals surface area (Å²) in [5.74, 6) is -0.690. The molecule has 2 rings (SSSR count). The average Bonchev–Trinajstić information content (AvgIpc) is 2.84. The Balaban J connectivity index is 1.88. The summed E-state index contributed by atoms with van der Waals surface area (Å²) in [4.78, 5) is 17.5. The van der Waals surface area contributed by atoms with Crippen LogP contribution in [0.5, 0.6) is 0 Å². The van der Waals surface area contributed by atoms with Crippen molar-refractivity contribution >= 4 is 5.97 Å². The van der Waals surface area contributed by atoms with Gasteiger partial charge in [-0.1, -0.05) is 0 Å². The molecule has 1 fully saturated rings. The topological polar surface area (TPSA) is 58.4 Å². The molecule has 1 aromatic heterocycles. The van der Waals surface area contributed by atoms with Crippen LogP contribution in [-0.2, 0) is 11.3 Å². The predicted molar refractivity (Wildman–Crippen MR) is 68.3 cm³/mol. The van der Waals surface area contributed by atoms with Gasteiger partial charge in [0.1, 0.15) is 5.54 Å². The third-order valence-electron chi connectivity index (χ3n) is 3.90. The summed E-state index contributed by atoms with van der Waals surface area (Å²) >= 11 is 0. The zero-order valence-electron chi connectivity index (χ0n) is 10.9. The molecule has 5 nitrogen and oxygen atoms in total. The molecule has 100 valence electrons. The van der Waals surface area contributed by atoms with E-state index in [0.717, 1.165) is 45.3 Å². The van der Waals surface area contributed by atoms with Crippen molar-refractivity contribution in [3.63, 3.8) is 0 Å². The quantitative estimate of drug-likeness (QED) is 0.863. The molecular formula is C13H21N3O2. The first-order chi connectivity index (χ1) is 8.63. The van der Waals surface area contributed by atoms with E-state index in [1.807, 2.05) is 17.7 Å². The van der Waals surface area contributed by atoms with Gasteiger partial charge in [-0.15, -0.1) is 0 Å². The van der Waals surface area contributed by atoms with E-state index >= 15 is 0 Å². The van der Waals surface area contributed by atoms with Crippen molar-refractivity contribution in [3.8, 4) is 0 Å². The van der Waals surface area contributed by atoms with Gasteiger partial charge in [0, 0.05) is 25.5 Å². The van der Waals surface area contributed by atoms with Crippen LogP contribution in [-0.4, -0.2) is 44.2 Å². The number of hydrogen-bond donors (Lipinski definition) is 1. The molecule has 0 amide bonds. The minimum Gasteiger partial charge on any atom is -0.480 e. The zero-order chi connectivity index (χ0) is 13.0. The molecule has 0 spiro atoms. The molecule has 0 aliphatic carbocycles. The Morgan fingerprint density at radius 1 is 1.44 bits per heavy atom. The number of aliphatic carboxylic acids is 1. The second-order valence-electron chi connectivity index (χ2n) is 5.18. The molecule has 1 atom stereocenters. The maximum Gasteiger partial charge on any atom is 0.323 e. The number of piperidine rings is 1. The first-order valence-electron chi connectivity index (χ1n) is 6.57. The van der Waals surface area contributed by atoms with Crippen LogP contribution in [0.4, 0.5) is 0 Å². The van der Waals surface area contributed by atoms with Gasteiger partial charge in [0.05, 0.1) is 6.33 Å². The maximum absolute atomic E-state index is 11.4. The van der Waals surface area contributed by atoms with Crippen molar-refractivity contribution in [2.24, 2.45) is 0 Å². The van der Waals surface area contributed by atoms with Crippen LogP contribution in [0, 0.1) is 0 Å². The highest BCUT2D eigenvalue weighted by molar-refractivity contribution is 5.78. The highest BCUT2D eigenvalue weighted by Gasteiger charge is 2.40. The SMILES string of the molecule is CC1(C(=O)O)CCCCN1CCCn1ccnc1. The second-order valence-corrected chi connectivity index (χ2v) is 5.18. The van der Waals surface area contributed by atoms with Gasteiger partial charge >= 0.3 is 5.97 Å². The lowest BCUT2D eigenvalue weighted by atomic mass is 9.88. The Morgan fingerprint density at radius 3 is 2.94 bits per heavy atom. The van der Waals surface area contributed by atoms with Gasteiger partial charge in [0.2, 0.25) is 0 Å². The van der Waals surface area contributed by atoms with E-state index < -0.39 is 11.5 Å². The minimum absolute atomic E-state index is 0.673. The smallest absolute Gasteiger partial charge is 0.323 e. The summed E-state index contributed by atoms with van der Waals surface area (Å²) in [5.41, 5.74) is -0.673. The Bertz CT molecular complexity index is 391. The highest BCUT2D eigenvalue weighted by Crippen LogP contribution is 2.28. The molecule has 0 saturated carbocycles. The van der Waals surface area contributed by atoms with E-state index in [0.29, 0.717) is 0 Å². The number of nitrogens with zero attached hydrogens (tertiary/aromatic N) is 3. The first-order valence-corrected chi connectivity index (χ1v) is 6.57. The number of aromatic nitrogens is 2. The number of carboxylic acids is 1. The minimum atomic E-state index is -0.690. The van der Waals surface area contributed by atoms with Crippen molar-refractivity contribution in [2.45, 2.75) is 44.7 Å². The van der Waals surface area contributed by atoms with Crippen LogP contribution in [0.15, 0.2) is 18.7 Å². The number of carboxylic acid groups (broad SMARTS) is 1. The molecule has 0 radical (unpaired) electrons. The Hall–Kier alpha value is -1.36. The van der Waals surface area contributed by atoms with Crippen molar-refractivity contribution < 1.29 is 9.90 Å². The summed E-state index contributed by atoms with van der Waals surface area (Å²) in [5, 5.41) is 9.39. The third-order valence-corrected chi connectivity index (χ3v) is 3.90. The third kappa shape index (κ3) is 2.72. The molecule has 1 aliphatic heterocycles. The fourth-order valence-corrected chi connectivity index (χ4v) is 2.64. The second kappa shape index (κ2) is 5.52. The number of imidazole rings is 1. The number of hydrogen-bond acceptors (Lipinski definition) is 3. The molecule has 1 N–H and O–H groups in total. The highest BCUT2D eigenvalue weighted by atomic mass is 16.4. The maximum atomic E-state index is 11.4. The van der Waals surface area contributed by atoms with Gasteiger partial charge in [-0.05, 0) is 39.2 Å². The monoisotopic (exact) mass is 251 g/mol. The van der Waals surface area contributed by atoms with Crippen LogP contribution in [0.1, 0.15) is 32.6 Å². The molecule has 1 aromatic rings. The van der Waals surface area contributed by atoms with Gasteiger partial charge in [-0.25, -0.2) is 4.98 Å². The van der Waals surface area contributed by atoms with E-state index in [4.69, 9.17) is 0 Å². The van der Waals surface area contributed by atoms with Crippen LogP contribution >= 0.6 is 0 Å². The van der Waals surface area contributed by atoms with E-state index in [1.165, 1.54) is 0 Å². The lowest BCUT2D eigenvalue weighted by Gasteiger charge is -2.41. The molecule has 0 bridgehead atoms. The van der Waals surface area contributed by atoms with Gasteiger partial charge < -0.3 is 9.67 Å². The number of likely N-dealkylation sites (tertiary alicyclic amines) is 1. The summed E-state index contributed by atoms with van der Waals surface area (Å²) in [6.45, 7) is 4.48. The summed E-state index contributed by atoms with van der Waals surface area (Å²) in [6.07, 6.45) is 9.34. The van der Waals surface area contributed by atoms with Crippen LogP contribution < -0.4 is 0 Å². The summed E-state index contributed by atoms with van der Waals surface area (Å²) < 4.78 is 2.03. The lowest BCUT2D eigenvalue weighted by Crippen LogP contribution is -2.55. The molecule has 2 heterocycles. The van der Waals surface area contributed by atoms with Crippen molar-refractivity contribution in [2.75, 3.05) is 13.1 Å². The molecule has 1 saturated heterocycles. The fraction of sp³-hybridized carbons (Fsp3) is 0.692. The van der Waals surface area contributed by atoms with Crippen LogP contribution in [0.2, 0.25) is 0 Å². The van der Waals surface area contributed by atoms with E-state index in [2.05, 4.69) is 9.88 Å². The molecule has 1 unspecified atom stereocenters. The lowest BCUT2D eigenvalue weighted by molar-refractivity contribution is -0.152. The fourth-order valence-electron chi connectivity index (χ4n) is 2.64.